The van der Waals surface area contributed by atoms with Gasteiger partial charge in [0.05, 0.1) is 17.9 Å². The Morgan fingerprint density at radius 2 is 1.68 bits per heavy atom. The predicted octanol–water partition coefficient (Wildman–Crippen LogP) is 5.93. The molecule has 0 atom stereocenters. The van der Waals surface area contributed by atoms with Crippen molar-refractivity contribution >= 4 is 11.6 Å². The summed E-state index contributed by atoms with van der Waals surface area (Å²) in [6, 6.07) is 18.9. The number of benzene rings is 3. The largest absolute Gasteiger partial charge is 0.460 e. The number of halogens is 3. The Morgan fingerprint density at radius 3 is 2.32 bits per heavy atom. The van der Waals surface area contributed by atoms with Crippen molar-refractivity contribution in [2.75, 3.05) is 25.1 Å². The minimum Gasteiger partial charge on any atom is -0.460 e. The van der Waals surface area contributed by atoms with E-state index in [-0.39, 0.29) is 11.6 Å². The average molecular weight is 511 g/mol. The number of aromatic nitrogens is 3. The van der Waals surface area contributed by atoms with Crippen molar-refractivity contribution in [1.82, 2.24) is 14.8 Å². The van der Waals surface area contributed by atoms with E-state index >= 15 is 0 Å². The van der Waals surface area contributed by atoms with Crippen molar-refractivity contribution in [2.45, 2.75) is 20.0 Å². The molecule has 0 aliphatic carbocycles. The van der Waals surface area contributed by atoms with Crippen LogP contribution in [0.5, 0.6) is 6.01 Å². The quantitative estimate of drug-likeness (QED) is 0.283. The molecule has 0 unspecified atom stereocenters. The molecule has 0 spiro atoms. The number of alkyl halides is 3. The Labute approximate surface area is 211 Å². The molecule has 3 aromatic carbocycles. The number of anilines is 1. The summed E-state index contributed by atoms with van der Waals surface area (Å²) in [6.07, 6.45) is -4.46. The van der Waals surface area contributed by atoms with Gasteiger partial charge in [0, 0.05) is 23.4 Å². The number of carbonyl (C=O) groups is 1. The third-order valence-corrected chi connectivity index (χ3v) is 5.48. The second-order valence-electron chi connectivity index (χ2n) is 8.07. The molecule has 1 amide bonds. The Bertz CT molecular complexity index is 1350. The number of nitrogens with one attached hydrogen (secondary N) is 1. The Hall–Kier alpha value is -4.18. The molecule has 0 bridgehead atoms. The molecule has 0 saturated carbocycles. The number of hydrogen-bond donors (Lipinski definition) is 1. The van der Waals surface area contributed by atoms with Crippen molar-refractivity contribution in [3.05, 3.63) is 89.5 Å². The maximum Gasteiger partial charge on any atom is 0.416 e. The number of amides is 1. The lowest BCUT2D eigenvalue weighted by molar-refractivity contribution is -0.137. The molecule has 0 radical (unpaired) electrons. The maximum absolute atomic E-state index is 12.8. The minimum absolute atomic E-state index is 0.115. The topological polar surface area (TPSA) is 78.3 Å². The lowest BCUT2D eigenvalue weighted by Gasteiger charge is -2.10. The highest BCUT2D eigenvalue weighted by molar-refractivity contribution is 6.04. The summed E-state index contributed by atoms with van der Waals surface area (Å²) in [7, 11) is 0. The normalized spacial score (nSPS) is 11.4. The Kier molecular flexibility index (Phi) is 7.88. The molecule has 192 valence electrons. The fourth-order valence-corrected chi connectivity index (χ4v) is 3.57. The van der Waals surface area contributed by atoms with Crippen molar-refractivity contribution in [1.29, 1.82) is 0 Å². The standard InChI is InChI=1S/C27H25F3N4O3/c1-3-36-16-17-37-26-32-24(23-7-5-4-6-18(23)2)34(33-26)22-14-12-21(13-15-22)31-25(35)19-8-10-20(11-9-19)27(28,29)30/h4-15H,3,16-17H2,1-2H3,(H,31,35). The van der Waals surface area contributed by atoms with E-state index < -0.39 is 17.6 Å². The number of carbonyl (C=O) groups excluding carboxylic acids is 1. The lowest BCUT2D eigenvalue weighted by Crippen LogP contribution is -2.13. The summed E-state index contributed by atoms with van der Waals surface area (Å²) in [6.45, 7) is 5.18. The van der Waals surface area contributed by atoms with Gasteiger partial charge in [0.1, 0.15) is 6.61 Å². The number of rotatable bonds is 9. The van der Waals surface area contributed by atoms with Gasteiger partial charge in [-0.05, 0) is 67.9 Å². The van der Waals surface area contributed by atoms with Crippen LogP contribution in [-0.2, 0) is 10.9 Å². The molecule has 10 heteroatoms. The van der Waals surface area contributed by atoms with E-state index in [2.05, 4.69) is 15.4 Å². The number of ether oxygens (including phenoxy) is 2. The maximum atomic E-state index is 12.8. The van der Waals surface area contributed by atoms with Crippen LogP contribution in [0.3, 0.4) is 0 Å². The van der Waals surface area contributed by atoms with Gasteiger partial charge in [-0.1, -0.05) is 24.3 Å². The van der Waals surface area contributed by atoms with Crippen molar-refractivity contribution < 1.29 is 27.4 Å². The van der Waals surface area contributed by atoms with Gasteiger partial charge in [-0.2, -0.15) is 18.2 Å². The molecular formula is C27H25F3N4O3. The molecule has 4 rings (SSSR count). The first kappa shape index (κ1) is 25.9. The summed E-state index contributed by atoms with van der Waals surface area (Å²) in [5, 5.41) is 7.20. The second-order valence-corrected chi connectivity index (χ2v) is 8.07. The van der Waals surface area contributed by atoms with Gasteiger partial charge < -0.3 is 14.8 Å². The summed E-state index contributed by atoms with van der Waals surface area (Å²) in [5.41, 5.74) is 2.35. The molecule has 0 fully saturated rings. The van der Waals surface area contributed by atoms with Gasteiger partial charge >= 0.3 is 12.2 Å². The molecule has 1 aromatic heterocycles. The van der Waals surface area contributed by atoms with Crippen LogP contribution >= 0.6 is 0 Å². The van der Waals surface area contributed by atoms with Crippen molar-refractivity contribution in [3.63, 3.8) is 0 Å². The highest BCUT2D eigenvalue weighted by Crippen LogP contribution is 2.29. The third kappa shape index (κ3) is 6.34. The monoisotopic (exact) mass is 510 g/mol. The number of aryl methyl sites for hydroxylation is 1. The molecule has 0 aliphatic rings. The van der Waals surface area contributed by atoms with Crippen LogP contribution in [0.25, 0.3) is 17.1 Å². The SMILES string of the molecule is CCOCCOc1nc(-c2ccccc2C)n(-c2ccc(NC(=O)c3ccc(C(F)(F)F)cc3)cc2)n1. The van der Waals surface area contributed by atoms with E-state index in [0.717, 1.165) is 35.4 Å². The Morgan fingerprint density at radius 1 is 0.973 bits per heavy atom. The van der Waals surface area contributed by atoms with Crippen LogP contribution < -0.4 is 10.1 Å². The van der Waals surface area contributed by atoms with Crippen molar-refractivity contribution in [3.8, 4) is 23.1 Å². The first-order valence-corrected chi connectivity index (χ1v) is 11.6. The van der Waals surface area contributed by atoms with Crippen LogP contribution in [0.15, 0.2) is 72.8 Å². The molecule has 0 saturated heterocycles. The zero-order chi connectivity index (χ0) is 26.4. The molecule has 1 heterocycles. The fraction of sp³-hybridized carbons (Fsp3) is 0.222. The van der Waals surface area contributed by atoms with Crippen LogP contribution in [0.4, 0.5) is 18.9 Å². The van der Waals surface area contributed by atoms with Crippen LogP contribution in [0.1, 0.15) is 28.4 Å². The van der Waals surface area contributed by atoms with Crippen LogP contribution in [0, 0.1) is 6.92 Å². The van der Waals surface area contributed by atoms with Gasteiger partial charge in [-0.15, -0.1) is 5.10 Å². The first-order chi connectivity index (χ1) is 17.8. The van der Waals surface area contributed by atoms with Gasteiger partial charge in [-0.3, -0.25) is 4.79 Å². The van der Waals surface area contributed by atoms with E-state index in [1.165, 1.54) is 0 Å². The Balaban J connectivity index is 1.55. The second kappa shape index (κ2) is 11.3. The van der Waals surface area contributed by atoms with E-state index in [1.807, 2.05) is 38.1 Å². The highest BCUT2D eigenvalue weighted by atomic mass is 19.4. The van der Waals surface area contributed by atoms with E-state index in [0.29, 0.717) is 37.0 Å². The smallest absolute Gasteiger partial charge is 0.416 e. The van der Waals surface area contributed by atoms with Crippen molar-refractivity contribution in [2.24, 2.45) is 0 Å². The number of hydrogen-bond acceptors (Lipinski definition) is 5. The molecule has 7 nitrogen and oxygen atoms in total. The van der Waals surface area contributed by atoms with Crippen LogP contribution in [-0.4, -0.2) is 40.5 Å². The van der Waals surface area contributed by atoms with E-state index in [9.17, 15) is 18.0 Å². The predicted molar refractivity (Wildman–Crippen MR) is 133 cm³/mol. The summed E-state index contributed by atoms with van der Waals surface area (Å²) in [5.74, 6) is 0.0684. The molecule has 4 aromatic rings. The summed E-state index contributed by atoms with van der Waals surface area (Å²) >= 11 is 0. The molecule has 1 N–H and O–H groups in total. The van der Waals surface area contributed by atoms with Gasteiger partial charge in [0.25, 0.3) is 5.91 Å². The third-order valence-electron chi connectivity index (χ3n) is 5.48. The lowest BCUT2D eigenvalue weighted by atomic mass is 10.1. The summed E-state index contributed by atoms with van der Waals surface area (Å²) in [4.78, 5) is 17.1. The van der Waals surface area contributed by atoms with Gasteiger partial charge in [0.2, 0.25) is 0 Å². The minimum atomic E-state index is -4.46. The first-order valence-electron chi connectivity index (χ1n) is 11.6. The molecule has 37 heavy (non-hydrogen) atoms. The van der Waals surface area contributed by atoms with Gasteiger partial charge in [0.15, 0.2) is 5.82 Å². The number of nitrogens with zero attached hydrogens (tertiary/aromatic N) is 3. The zero-order valence-electron chi connectivity index (χ0n) is 20.2. The fourth-order valence-electron chi connectivity index (χ4n) is 3.57. The zero-order valence-corrected chi connectivity index (χ0v) is 20.2. The highest BCUT2D eigenvalue weighted by Gasteiger charge is 2.30. The van der Waals surface area contributed by atoms with E-state index in [1.54, 1.807) is 28.9 Å². The average Bonchev–Trinajstić information content (AvgIpc) is 3.31. The van der Waals surface area contributed by atoms with Crippen LogP contribution in [0.2, 0.25) is 0 Å². The van der Waals surface area contributed by atoms with E-state index in [4.69, 9.17) is 9.47 Å². The molecule has 0 aliphatic heterocycles. The van der Waals surface area contributed by atoms with Gasteiger partial charge in [-0.25, -0.2) is 4.68 Å². The molecular weight excluding hydrogens is 485 g/mol. The summed E-state index contributed by atoms with van der Waals surface area (Å²) < 4.78 is 50.9.